The normalized spacial score (nSPS) is 24.0. The number of hydrogen-bond donors (Lipinski definition) is 1. The molecular weight excluding hydrogens is 202 g/mol. The highest BCUT2D eigenvalue weighted by molar-refractivity contribution is 5.38. The number of aryl methyl sites for hydroxylation is 2. The Hall–Kier alpha value is -1.16. The van der Waals surface area contributed by atoms with E-state index in [2.05, 4.69) is 14.9 Å². The molecule has 0 saturated heterocycles. The lowest BCUT2D eigenvalue weighted by atomic mass is 9.82. The highest BCUT2D eigenvalue weighted by atomic mass is 16.3. The minimum atomic E-state index is -0.0766. The van der Waals surface area contributed by atoms with Crippen molar-refractivity contribution in [2.24, 2.45) is 5.92 Å². The molecule has 1 aromatic heterocycles. The van der Waals surface area contributed by atoms with Gasteiger partial charge in [0, 0.05) is 25.4 Å². The van der Waals surface area contributed by atoms with E-state index in [-0.39, 0.29) is 6.10 Å². The molecule has 0 aliphatic heterocycles. The van der Waals surface area contributed by atoms with Crippen LogP contribution in [0, 0.1) is 19.8 Å². The first kappa shape index (κ1) is 11.3. The number of nitrogens with zero attached hydrogens (tertiary/aromatic N) is 3. The topological polar surface area (TPSA) is 49.2 Å². The first-order chi connectivity index (χ1) is 7.54. The van der Waals surface area contributed by atoms with E-state index < -0.39 is 0 Å². The van der Waals surface area contributed by atoms with Gasteiger partial charge in [0.25, 0.3) is 0 Å². The molecule has 4 heteroatoms. The third-order valence-corrected chi connectivity index (χ3v) is 3.09. The first-order valence-corrected chi connectivity index (χ1v) is 5.76. The molecular formula is C12H19N3O. The zero-order valence-corrected chi connectivity index (χ0v) is 10.1. The number of rotatable bonds is 3. The van der Waals surface area contributed by atoms with Crippen LogP contribution in [0.15, 0.2) is 6.07 Å². The summed E-state index contributed by atoms with van der Waals surface area (Å²) in [4.78, 5) is 10.8. The highest BCUT2D eigenvalue weighted by Crippen LogP contribution is 2.28. The predicted molar refractivity (Wildman–Crippen MR) is 63.5 cm³/mol. The smallest absolute Gasteiger partial charge is 0.132 e. The predicted octanol–water partition coefficient (Wildman–Crippen LogP) is 1.30. The van der Waals surface area contributed by atoms with Gasteiger partial charge >= 0.3 is 0 Å². The number of hydrogen-bond acceptors (Lipinski definition) is 4. The maximum atomic E-state index is 9.25. The van der Waals surface area contributed by atoms with Gasteiger partial charge in [-0.15, -0.1) is 0 Å². The van der Waals surface area contributed by atoms with Crippen molar-refractivity contribution in [3.63, 3.8) is 0 Å². The van der Waals surface area contributed by atoms with Gasteiger partial charge in [0.15, 0.2) is 0 Å². The summed E-state index contributed by atoms with van der Waals surface area (Å²) in [7, 11) is 2.05. The van der Waals surface area contributed by atoms with Gasteiger partial charge in [0.2, 0.25) is 0 Å². The second-order valence-electron chi connectivity index (χ2n) is 4.79. The van der Waals surface area contributed by atoms with Gasteiger partial charge in [0.1, 0.15) is 11.6 Å². The van der Waals surface area contributed by atoms with Crippen molar-refractivity contribution >= 4 is 5.82 Å². The second-order valence-corrected chi connectivity index (χ2v) is 4.79. The molecule has 0 aromatic carbocycles. The number of aliphatic hydroxyl groups is 1. The molecule has 0 unspecified atom stereocenters. The van der Waals surface area contributed by atoms with E-state index in [1.807, 2.05) is 27.0 Å². The summed E-state index contributed by atoms with van der Waals surface area (Å²) in [5.74, 6) is 2.40. The highest BCUT2D eigenvalue weighted by Gasteiger charge is 2.28. The lowest BCUT2D eigenvalue weighted by Gasteiger charge is -2.34. The largest absolute Gasteiger partial charge is 0.393 e. The Morgan fingerprint density at radius 1 is 1.38 bits per heavy atom. The Balaban J connectivity index is 2.00. The van der Waals surface area contributed by atoms with Crippen LogP contribution in [-0.4, -0.2) is 34.8 Å². The summed E-state index contributed by atoms with van der Waals surface area (Å²) in [6, 6.07) is 2.00. The van der Waals surface area contributed by atoms with Gasteiger partial charge in [-0.2, -0.15) is 0 Å². The van der Waals surface area contributed by atoms with Crippen molar-refractivity contribution in [1.82, 2.24) is 9.97 Å². The van der Waals surface area contributed by atoms with Crippen LogP contribution in [0.5, 0.6) is 0 Å². The molecule has 0 atom stereocenters. The third-order valence-electron chi connectivity index (χ3n) is 3.09. The Bertz CT molecular complexity index is 354. The molecule has 1 aliphatic carbocycles. The molecule has 1 N–H and O–H groups in total. The van der Waals surface area contributed by atoms with E-state index in [4.69, 9.17) is 0 Å². The maximum absolute atomic E-state index is 9.25. The molecule has 16 heavy (non-hydrogen) atoms. The first-order valence-electron chi connectivity index (χ1n) is 5.76. The molecule has 1 aromatic rings. The minimum Gasteiger partial charge on any atom is -0.393 e. The van der Waals surface area contributed by atoms with Crippen LogP contribution in [0.2, 0.25) is 0 Å². The van der Waals surface area contributed by atoms with Crippen LogP contribution in [0.4, 0.5) is 5.82 Å². The Kier molecular flexibility index (Phi) is 3.10. The quantitative estimate of drug-likeness (QED) is 0.836. The van der Waals surface area contributed by atoms with Crippen LogP contribution in [-0.2, 0) is 0 Å². The molecule has 1 fully saturated rings. The van der Waals surface area contributed by atoms with Crippen LogP contribution >= 0.6 is 0 Å². The molecule has 1 heterocycles. The van der Waals surface area contributed by atoms with E-state index in [1.165, 1.54) is 0 Å². The Morgan fingerprint density at radius 2 is 2.06 bits per heavy atom. The van der Waals surface area contributed by atoms with Crippen LogP contribution in [0.3, 0.4) is 0 Å². The SMILES string of the molecule is Cc1cc(N(C)CC2CC(O)C2)nc(C)n1. The maximum Gasteiger partial charge on any atom is 0.132 e. The molecule has 0 radical (unpaired) electrons. The summed E-state index contributed by atoms with van der Waals surface area (Å²) >= 11 is 0. The van der Waals surface area contributed by atoms with E-state index >= 15 is 0 Å². The molecule has 88 valence electrons. The van der Waals surface area contributed by atoms with E-state index in [0.717, 1.165) is 36.7 Å². The average Bonchev–Trinajstić information content (AvgIpc) is 2.13. The third kappa shape index (κ3) is 2.50. The zero-order valence-electron chi connectivity index (χ0n) is 10.1. The van der Waals surface area contributed by atoms with Crippen molar-refractivity contribution in [2.45, 2.75) is 32.8 Å². The molecule has 0 bridgehead atoms. The summed E-state index contributed by atoms with van der Waals surface area (Å²) in [6.07, 6.45) is 1.77. The van der Waals surface area contributed by atoms with Crippen molar-refractivity contribution in [3.8, 4) is 0 Å². The average molecular weight is 221 g/mol. The van der Waals surface area contributed by atoms with E-state index in [1.54, 1.807) is 0 Å². The fourth-order valence-corrected chi connectivity index (χ4v) is 2.22. The fourth-order valence-electron chi connectivity index (χ4n) is 2.22. The van der Waals surface area contributed by atoms with Crippen molar-refractivity contribution in [1.29, 1.82) is 0 Å². The lowest BCUT2D eigenvalue weighted by Crippen LogP contribution is -2.37. The monoisotopic (exact) mass is 221 g/mol. The second kappa shape index (κ2) is 4.37. The van der Waals surface area contributed by atoms with E-state index in [0.29, 0.717) is 5.92 Å². The molecule has 4 nitrogen and oxygen atoms in total. The van der Waals surface area contributed by atoms with Gasteiger partial charge in [-0.05, 0) is 32.6 Å². The summed E-state index contributed by atoms with van der Waals surface area (Å²) in [6.45, 7) is 4.86. The van der Waals surface area contributed by atoms with Gasteiger partial charge < -0.3 is 10.0 Å². The molecule has 1 saturated carbocycles. The van der Waals surface area contributed by atoms with Gasteiger partial charge in [0.05, 0.1) is 6.10 Å². The summed E-state index contributed by atoms with van der Waals surface area (Å²) in [5, 5.41) is 9.25. The zero-order chi connectivity index (χ0) is 11.7. The molecule has 0 amide bonds. The summed E-state index contributed by atoms with van der Waals surface area (Å²) < 4.78 is 0. The number of aliphatic hydroxyl groups excluding tert-OH is 1. The summed E-state index contributed by atoms with van der Waals surface area (Å²) in [5.41, 5.74) is 1.00. The van der Waals surface area contributed by atoms with Crippen molar-refractivity contribution < 1.29 is 5.11 Å². The van der Waals surface area contributed by atoms with E-state index in [9.17, 15) is 5.11 Å². The van der Waals surface area contributed by atoms with Crippen LogP contribution in [0.25, 0.3) is 0 Å². The molecule has 1 aliphatic rings. The Morgan fingerprint density at radius 3 is 2.62 bits per heavy atom. The minimum absolute atomic E-state index is 0.0766. The van der Waals surface area contributed by atoms with Crippen LogP contribution < -0.4 is 4.90 Å². The van der Waals surface area contributed by atoms with Crippen molar-refractivity contribution in [2.75, 3.05) is 18.5 Å². The number of anilines is 1. The molecule has 2 rings (SSSR count). The fraction of sp³-hybridized carbons (Fsp3) is 0.667. The standard InChI is InChI=1S/C12H19N3O/c1-8-4-12(14-9(2)13-8)15(3)7-10-5-11(16)6-10/h4,10-11,16H,5-7H2,1-3H3. The van der Waals surface area contributed by atoms with Crippen molar-refractivity contribution in [3.05, 3.63) is 17.6 Å². The molecule has 0 spiro atoms. The van der Waals surface area contributed by atoms with Crippen LogP contribution in [0.1, 0.15) is 24.4 Å². The Labute approximate surface area is 96.3 Å². The van der Waals surface area contributed by atoms with Gasteiger partial charge in [-0.1, -0.05) is 0 Å². The number of aromatic nitrogens is 2. The van der Waals surface area contributed by atoms with Gasteiger partial charge in [-0.3, -0.25) is 0 Å². The lowest BCUT2D eigenvalue weighted by molar-refractivity contribution is 0.0464. The van der Waals surface area contributed by atoms with Gasteiger partial charge in [-0.25, -0.2) is 9.97 Å².